The third-order valence-electron chi connectivity index (χ3n) is 8.73. The second-order valence-electron chi connectivity index (χ2n) is 11.3. The first-order valence-corrected chi connectivity index (χ1v) is 15.0. The molecular weight excluding hydrogens is 516 g/mol. The lowest BCUT2D eigenvalue weighted by molar-refractivity contribution is 1.26. The lowest BCUT2D eigenvalue weighted by Gasteiger charge is -2.00. The van der Waals surface area contributed by atoms with Crippen LogP contribution >= 0.6 is 0 Å². The molecule has 0 saturated heterocycles. The molecule has 10 rings (SSSR count). The lowest BCUT2D eigenvalue weighted by Crippen LogP contribution is -1.77. The molecule has 0 aliphatic heterocycles. The van der Waals surface area contributed by atoms with Crippen molar-refractivity contribution >= 4 is 32.3 Å². The molecule has 0 unspecified atom stereocenters. The van der Waals surface area contributed by atoms with E-state index in [2.05, 4.69) is 170 Å². The molecular formula is C43H30. The molecule has 0 amide bonds. The Morgan fingerprint density at radius 3 is 1.02 bits per heavy atom. The van der Waals surface area contributed by atoms with Crippen LogP contribution in [0.3, 0.4) is 0 Å². The highest BCUT2D eigenvalue weighted by Crippen LogP contribution is 2.46. The standard InChI is InChI=1S/C16H10.C14H10.C13H10/c1-2-8-13-12(7-1)14-9-3-5-11-6-4-10-15(13)16(11)14;1-2-6-12-10-14-8-4-3-7-13(14)9-11(12)5-1;1-3-7-12-10(5-1)9-11-6-2-4-8-13(11)12/h1-10H;1-10H;1-8H,9H2. The fourth-order valence-corrected chi connectivity index (χ4v) is 6.70. The van der Waals surface area contributed by atoms with Crippen LogP contribution in [-0.4, -0.2) is 0 Å². The molecule has 0 nitrogen and oxygen atoms in total. The summed E-state index contributed by atoms with van der Waals surface area (Å²) in [5, 5.41) is 7.99. The van der Waals surface area contributed by atoms with Gasteiger partial charge in [-0.2, -0.15) is 0 Å². The first kappa shape index (κ1) is 25.3. The normalized spacial score (nSPS) is 11.6. The highest BCUT2D eigenvalue weighted by atomic mass is 14.2. The van der Waals surface area contributed by atoms with Gasteiger partial charge < -0.3 is 0 Å². The van der Waals surface area contributed by atoms with Gasteiger partial charge in [-0.05, 0) is 95.4 Å². The van der Waals surface area contributed by atoms with Crippen molar-refractivity contribution in [2.45, 2.75) is 6.42 Å². The van der Waals surface area contributed by atoms with E-state index in [0.29, 0.717) is 0 Å². The molecule has 0 N–H and O–H groups in total. The molecule has 0 spiro atoms. The van der Waals surface area contributed by atoms with Gasteiger partial charge in [-0.15, -0.1) is 0 Å². The van der Waals surface area contributed by atoms with Crippen LogP contribution in [0.1, 0.15) is 11.1 Å². The van der Waals surface area contributed by atoms with E-state index in [-0.39, 0.29) is 0 Å². The lowest BCUT2D eigenvalue weighted by atomic mass is 10.0. The summed E-state index contributed by atoms with van der Waals surface area (Å²) in [7, 11) is 0. The Bertz CT molecular complexity index is 2060. The summed E-state index contributed by atoms with van der Waals surface area (Å²) in [6.45, 7) is 0. The van der Waals surface area contributed by atoms with Crippen LogP contribution in [-0.2, 0) is 6.42 Å². The zero-order valence-corrected chi connectivity index (χ0v) is 23.9. The van der Waals surface area contributed by atoms with Crippen LogP contribution in [0, 0.1) is 0 Å². The number of benzene rings is 8. The number of hydrogen-bond donors (Lipinski definition) is 0. The molecule has 0 heterocycles. The first-order chi connectivity index (χ1) is 21.3. The summed E-state index contributed by atoms with van der Waals surface area (Å²) in [6.07, 6.45) is 1.10. The van der Waals surface area contributed by atoms with Crippen LogP contribution in [0.15, 0.2) is 170 Å². The van der Waals surface area contributed by atoms with Gasteiger partial charge in [0.2, 0.25) is 0 Å². The number of fused-ring (bicyclic) bond motifs is 8. The van der Waals surface area contributed by atoms with E-state index in [1.165, 1.54) is 76.8 Å². The van der Waals surface area contributed by atoms with Gasteiger partial charge in [0.1, 0.15) is 0 Å². The zero-order valence-electron chi connectivity index (χ0n) is 23.9. The van der Waals surface area contributed by atoms with Crippen LogP contribution in [0.2, 0.25) is 0 Å². The average Bonchev–Trinajstić information content (AvgIpc) is 3.62. The predicted molar refractivity (Wildman–Crippen MR) is 185 cm³/mol. The van der Waals surface area contributed by atoms with Gasteiger partial charge in [-0.3, -0.25) is 0 Å². The van der Waals surface area contributed by atoms with E-state index < -0.39 is 0 Å². The van der Waals surface area contributed by atoms with Crippen molar-refractivity contribution in [1.82, 2.24) is 0 Å². The maximum atomic E-state index is 2.24. The topological polar surface area (TPSA) is 0 Å². The summed E-state index contributed by atoms with van der Waals surface area (Å²) in [5.74, 6) is 0. The third kappa shape index (κ3) is 4.58. The van der Waals surface area contributed by atoms with Crippen molar-refractivity contribution < 1.29 is 0 Å². The van der Waals surface area contributed by atoms with Crippen molar-refractivity contribution in [2.24, 2.45) is 0 Å². The molecule has 0 radical (unpaired) electrons. The highest BCUT2D eigenvalue weighted by Gasteiger charge is 2.19. The van der Waals surface area contributed by atoms with Crippen molar-refractivity contribution in [3.63, 3.8) is 0 Å². The summed E-state index contributed by atoms with van der Waals surface area (Å²) >= 11 is 0. The van der Waals surface area contributed by atoms with Crippen molar-refractivity contribution in [2.75, 3.05) is 0 Å². The van der Waals surface area contributed by atoms with Crippen molar-refractivity contribution in [1.29, 1.82) is 0 Å². The minimum Gasteiger partial charge on any atom is -0.0619 e. The van der Waals surface area contributed by atoms with Crippen LogP contribution in [0.25, 0.3) is 65.7 Å². The Balaban J connectivity index is 0.0000000975. The summed E-state index contributed by atoms with van der Waals surface area (Å²) in [4.78, 5) is 0. The largest absolute Gasteiger partial charge is 0.0619 e. The molecule has 8 aromatic rings. The fourth-order valence-electron chi connectivity index (χ4n) is 6.70. The SMILES string of the molecule is c1ccc2c(c1)-c1cccc3cccc-2c13.c1ccc2c(c1)Cc1ccccc1-2.c1ccc2cc3ccccc3cc2c1. The highest BCUT2D eigenvalue weighted by molar-refractivity contribution is 6.15. The molecule has 0 saturated carbocycles. The Hall–Kier alpha value is -5.46. The van der Waals surface area contributed by atoms with E-state index in [1.54, 1.807) is 0 Å². The van der Waals surface area contributed by atoms with Gasteiger partial charge in [0.05, 0.1) is 0 Å². The van der Waals surface area contributed by atoms with Crippen LogP contribution in [0.4, 0.5) is 0 Å². The van der Waals surface area contributed by atoms with Crippen molar-refractivity contribution in [3.05, 3.63) is 181 Å². The third-order valence-corrected chi connectivity index (χ3v) is 8.73. The first-order valence-electron chi connectivity index (χ1n) is 15.0. The molecule has 0 fully saturated rings. The van der Waals surface area contributed by atoms with Crippen LogP contribution < -0.4 is 0 Å². The van der Waals surface area contributed by atoms with Gasteiger partial charge in [-0.1, -0.05) is 158 Å². The minimum atomic E-state index is 1.10. The minimum absolute atomic E-state index is 1.10. The Morgan fingerprint density at radius 2 is 0.581 bits per heavy atom. The quantitative estimate of drug-likeness (QED) is 0.166. The molecule has 2 aliphatic rings. The van der Waals surface area contributed by atoms with E-state index in [0.717, 1.165) is 6.42 Å². The summed E-state index contributed by atoms with van der Waals surface area (Å²) in [6, 6.07) is 60.5. The Morgan fingerprint density at radius 1 is 0.256 bits per heavy atom. The van der Waals surface area contributed by atoms with Gasteiger partial charge in [0.25, 0.3) is 0 Å². The fraction of sp³-hybridized carbons (Fsp3) is 0.0233. The van der Waals surface area contributed by atoms with Gasteiger partial charge in [-0.25, -0.2) is 0 Å². The number of rotatable bonds is 0. The molecule has 43 heavy (non-hydrogen) atoms. The molecule has 0 bridgehead atoms. The molecule has 8 aromatic carbocycles. The second-order valence-corrected chi connectivity index (χ2v) is 11.3. The van der Waals surface area contributed by atoms with Crippen LogP contribution in [0.5, 0.6) is 0 Å². The van der Waals surface area contributed by atoms with E-state index in [9.17, 15) is 0 Å². The van der Waals surface area contributed by atoms with Gasteiger partial charge in [0.15, 0.2) is 0 Å². The van der Waals surface area contributed by atoms with E-state index >= 15 is 0 Å². The number of hydrogen-bond acceptors (Lipinski definition) is 0. The molecule has 2 aliphatic carbocycles. The van der Waals surface area contributed by atoms with Crippen molar-refractivity contribution in [3.8, 4) is 33.4 Å². The van der Waals surface area contributed by atoms with Gasteiger partial charge in [0, 0.05) is 0 Å². The van der Waals surface area contributed by atoms with E-state index in [1.807, 2.05) is 0 Å². The molecule has 0 heteroatoms. The second kappa shape index (κ2) is 10.7. The molecule has 0 atom stereocenters. The maximum Gasteiger partial charge on any atom is -0.00135 e. The monoisotopic (exact) mass is 546 g/mol. The summed E-state index contributed by atoms with van der Waals surface area (Å²) in [5.41, 5.74) is 11.2. The Kier molecular flexibility index (Phi) is 6.31. The zero-order chi connectivity index (χ0) is 28.6. The molecule has 0 aromatic heterocycles. The maximum absolute atomic E-state index is 2.24. The average molecular weight is 547 g/mol. The predicted octanol–water partition coefficient (Wildman–Crippen LogP) is 11.7. The molecule has 202 valence electrons. The Labute approximate surface area is 252 Å². The smallest absolute Gasteiger partial charge is 0.00135 e. The van der Waals surface area contributed by atoms with E-state index in [4.69, 9.17) is 0 Å². The van der Waals surface area contributed by atoms with Gasteiger partial charge >= 0.3 is 0 Å². The summed E-state index contributed by atoms with van der Waals surface area (Å²) < 4.78 is 0.